The van der Waals surface area contributed by atoms with Gasteiger partial charge in [0.05, 0.1) is 0 Å². The predicted molar refractivity (Wildman–Crippen MR) is 94.5 cm³/mol. The molecule has 0 radical (unpaired) electrons. The molecular formula is C20H30N2O. The Morgan fingerprint density at radius 1 is 1.09 bits per heavy atom. The molecule has 3 heteroatoms. The molecule has 1 aliphatic carbocycles. The van der Waals surface area contributed by atoms with Crippen molar-refractivity contribution in [2.24, 2.45) is 11.1 Å². The average molecular weight is 314 g/mol. The van der Waals surface area contributed by atoms with Gasteiger partial charge in [0.1, 0.15) is 0 Å². The van der Waals surface area contributed by atoms with Gasteiger partial charge in [-0.3, -0.25) is 4.79 Å². The second kappa shape index (κ2) is 6.64. The highest BCUT2D eigenvalue weighted by Crippen LogP contribution is 2.33. The van der Waals surface area contributed by atoms with E-state index in [4.69, 9.17) is 5.73 Å². The first-order valence-corrected chi connectivity index (χ1v) is 9.12. The fourth-order valence-corrected chi connectivity index (χ4v) is 4.06. The molecule has 3 nitrogen and oxygen atoms in total. The summed E-state index contributed by atoms with van der Waals surface area (Å²) in [5.41, 5.74) is 8.39. The quantitative estimate of drug-likeness (QED) is 0.899. The fraction of sp³-hybridized carbons (Fsp3) is 0.650. The van der Waals surface area contributed by atoms with Gasteiger partial charge in [0.2, 0.25) is 0 Å². The first kappa shape index (κ1) is 16.5. The van der Waals surface area contributed by atoms with Crippen molar-refractivity contribution in [3.63, 3.8) is 0 Å². The molecule has 1 aromatic carbocycles. The zero-order chi connectivity index (χ0) is 16.4. The standard InChI is InChI=1S/C20H30N2O/c1-20(2)14-22(13-12-18(20)21)19(23)17-10-8-16(9-11-17)15-6-4-3-5-7-15/h8-11,15,18H,3-7,12-14,21H2,1-2H3. The van der Waals surface area contributed by atoms with Gasteiger partial charge in [0.25, 0.3) is 5.91 Å². The molecule has 23 heavy (non-hydrogen) atoms. The van der Waals surface area contributed by atoms with Gasteiger partial charge >= 0.3 is 0 Å². The Kier molecular flexibility index (Phi) is 4.77. The number of carbonyl (C=O) groups excluding carboxylic acids is 1. The highest BCUT2D eigenvalue weighted by molar-refractivity contribution is 5.94. The Morgan fingerprint density at radius 2 is 1.74 bits per heavy atom. The number of hydrogen-bond donors (Lipinski definition) is 1. The molecule has 1 aromatic rings. The third-order valence-corrected chi connectivity index (χ3v) is 5.83. The number of benzene rings is 1. The van der Waals surface area contributed by atoms with Crippen molar-refractivity contribution in [1.29, 1.82) is 0 Å². The number of amides is 1. The largest absolute Gasteiger partial charge is 0.338 e. The number of hydrogen-bond acceptors (Lipinski definition) is 2. The SMILES string of the molecule is CC1(C)CN(C(=O)c2ccc(C3CCCCC3)cc2)CCC1N. The van der Waals surface area contributed by atoms with Crippen LogP contribution in [0.4, 0.5) is 0 Å². The van der Waals surface area contributed by atoms with Crippen molar-refractivity contribution in [2.45, 2.75) is 64.3 Å². The lowest BCUT2D eigenvalue weighted by Gasteiger charge is -2.42. The van der Waals surface area contributed by atoms with E-state index in [1.165, 1.54) is 37.7 Å². The van der Waals surface area contributed by atoms with Gasteiger partial charge in [-0.1, -0.05) is 45.2 Å². The van der Waals surface area contributed by atoms with Crippen LogP contribution in [0.2, 0.25) is 0 Å². The molecule has 1 aliphatic heterocycles. The first-order chi connectivity index (χ1) is 11.0. The van der Waals surface area contributed by atoms with Crippen LogP contribution in [0.5, 0.6) is 0 Å². The van der Waals surface area contributed by atoms with Crippen molar-refractivity contribution in [1.82, 2.24) is 4.90 Å². The van der Waals surface area contributed by atoms with Gasteiger partial charge in [-0.15, -0.1) is 0 Å². The summed E-state index contributed by atoms with van der Waals surface area (Å²) < 4.78 is 0. The van der Waals surface area contributed by atoms with Crippen LogP contribution in [-0.2, 0) is 0 Å². The number of carbonyl (C=O) groups is 1. The molecule has 1 amide bonds. The molecule has 0 spiro atoms. The molecule has 1 atom stereocenters. The number of nitrogens with zero attached hydrogens (tertiary/aromatic N) is 1. The van der Waals surface area contributed by atoms with Gasteiger partial charge in [0, 0.05) is 24.7 Å². The normalized spacial score (nSPS) is 25.3. The number of nitrogens with two attached hydrogens (primary N) is 1. The summed E-state index contributed by atoms with van der Waals surface area (Å²) in [4.78, 5) is 14.7. The summed E-state index contributed by atoms with van der Waals surface area (Å²) in [6.45, 7) is 5.83. The molecule has 0 bridgehead atoms. The molecule has 3 rings (SSSR count). The lowest BCUT2D eigenvalue weighted by Crippen LogP contribution is -2.53. The highest BCUT2D eigenvalue weighted by Gasteiger charge is 2.35. The van der Waals surface area contributed by atoms with E-state index in [1.807, 2.05) is 17.0 Å². The maximum atomic E-state index is 12.8. The van der Waals surface area contributed by atoms with Gasteiger partial charge in [-0.05, 0) is 48.3 Å². The topological polar surface area (TPSA) is 46.3 Å². The fourth-order valence-electron chi connectivity index (χ4n) is 4.06. The Morgan fingerprint density at radius 3 is 2.35 bits per heavy atom. The molecule has 1 unspecified atom stereocenters. The second-order valence-electron chi connectivity index (χ2n) is 8.07. The van der Waals surface area contributed by atoms with E-state index in [0.717, 1.165) is 25.1 Å². The van der Waals surface area contributed by atoms with E-state index in [1.54, 1.807) is 0 Å². The Hall–Kier alpha value is -1.35. The van der Waals surface area contributed by atoms with Crippen molar-refractivity contribution in [3.8, 4) is 0 Å². The molecule has 2 N–H and O–H groups in total. The van der Waals surface area contributed by atoms with Crippen molar-refractivity contribution >= 4 is 5.91 Å². The summed E-state index contributed by atoms with van der Waals surface area (Å²) >= 11 is 0. The monoisotopic (exact) mass is 314 g/mol. The molecular weight excluding hydrogens is 284 g/mol. The van der Waals surface area contributed by atoms with Crippen LogP contribution < -0.4 is 5.73 Å². The van der Waals surface area contributed by atoms with Crippen molar-refractivity contribution in [3.05, 3.63) is 35.4 Å². The minimum absolute atomic E-state index is 0.00402. The van der Waals surface area contributed by atoms with Crippen LogP contribution in [-0.4, -0.2) is 29.9 Å². The minimum atomic E-state index is -0.00402. The Bertz CT molecular complexity index is 543. The highest BCUT2D eigenvalue weighted by atomic mass is 16.2. The van der Waals surface area contributed by atoms with E-state index in [9.17, 15) is 4.79 Å². The smallest absolute Gasteiger partial charge is 0.253 e. The van der Waals surface area contributed by atoms with Gasteiger partial charge in [0.15, 0.2) is 0 Å². The van der Waals surface area contributed by atoms with Crippen molar-refractivity contribution in [2.75, 3.05) is 13.1 Å². The molecule has 1 saturated heterocycles. The maximum absolute atomic E-state index is 12.8. The zero-order valence-electron chi connectivity index (χ0n) is 14.6. The molecule has 1 saturated carbocycles. The third kappa shape index (κ3) is 3.60. The lowest BCUT2D eigenvalue weighted by molar-refractivity contribution is 0.0533. The van der Waals surface area contributed by atoms with Gasteiger partial charge < -0.3 is 10.6 Å². The Balaban J connectivity index is 1.68. The van der Waals surface area contributed by atoms with Crippen LogP contribution in [0.15, 0.2) is 24.3 Å². The van der Waals surface area contributed by atoms with Crippen LogP contribution >= 0.6 is 0 Å². The Labute approximate surface area is 140 Å². The van der Waals surface area contributed by atoms with E-state index < -0.39 is 0 Å². The van der Waals surface area contributed by atoms with E-state index in [-0.39, 0.29) is 17.4 Å². The zero-order valence-corrected chi connectivity index (χ0v) is 14.6. The van der Waals surface area contributed by atoms with Gasteiger partial charge in [-0.25, -0.2) is 0 Å². The number of rotatable bonds is 2. The van der Waals surface area contributed by atoms with Crippen LogP contribution in [0.3, 0.4) is 0 Å². The van der Waals surface area contributed by atoms with Gasteiger partial charge in [-0.2, -0.15) is 0 Å². The summed E-state index contributed by atoms with van der Waals surface area (Å²) in [7, 11) is 0. The van der Waals surface area contributed by atoms with E-state index in [0.29, 0.717) is 5.92 Å². The maximum Gasteiger partial charge on any atom is 0.253 e. The average Bonchev–Trinajstić information content (AvgIpc) is 2.57. The summed E-state index contributed by atoms with van der Waals surface area (Å²) in [5.74, 6) is 0.847. The molecule has 126 valence electrons. The number of piperidine rings is 1. The first-order valence-electron chi connectivity index (χ1n) is 9.12. The van der Waals surface area contributed by atoms with Crippen molar-refractivity contribution < 1.29 is 4.79 Å². The molecule has 0 aromatic heterocycles. The van der Waals surface area contributed by atoms with E-state index in [2.05, 4.69) is 26.0 Å². The van der Waals surface area contributed by atoms with Crippen LogP contribution in [0.1, 0.15) is 74.2 Å². The molecule has 1 heterocycles. The van der Waals surface area contributed by atoms with Crippen LogP contribution in [0, 0.1) is 5.41 Å². The minimum Gasteiger partial charge on any atom is -0.338 e. The van der Waals surface area contributed by atoms with E-state index >= 15 is 0 Å². The summed E-state index contributed by atoms with van der Waals surface area (Å²) in [5, 5.41) is 0. The molecule has 2 aliphatic rings. The summed E-state index contributed by atoms with van der Waals surface area (Å²) in [6.07, 6.45) is 7.54. The van der Waals surface area contributed by atoms with Crippen LogP contribution in [0.25, 0.3) is 0 Å². The molecule has 2 fully saturated rings. The second-order valence-corrected chi connectivity index (χ2v) is 8.07. The number of likely N-dealkylation sites (tertiary alicyclic amines) is 1. The third-order valence-electron chi connectivity index (χ3n) is 5.83. The summed E-state index contributed by atoms with van der Waals surface area (Å²) in [6, 6.07) is 8.57. The predicted octanol–water partition coefficient (Wildman–Crippen LogP) is 3.93. The lowest BCUT2D eigenvalue weighted by atomic mass is 9.79.